The van der Waals surface area contributed by atoms with Crippen LogP contribution in [0.25, 0.3) is 0 Å². The predicted molar refractivity (Wildman–Crippen MR) is 107 cm³/mol. The van der Waals surface area contributed by atoms with Crippen LogP contribution in [-0.2, 0) is 5.41 Å². The Labute approximate surface area is 160 Å². The molecule has 0 atom stereocenters. The van der Waals surface area contributed by atoms with Crippen LogP contribution in [0.1, 0.15) is 52.7 Å². The number of guanidine groups is 1. The van der Waals surface area contributed by atoms with Crippen molar-refractivity contribution in [2.45, 2.75) is 58.0 Å². The van der Waals surface area contributed by atoms with E-state index >= 15 is 0 Å². The Bertz CT molecular complexity index is 886. The molecule has 0 bridgehead atoms. The summed E-state index contributed by atoms with van der Waals surface area (Å²) in [6.07, 6.45) is 0. The van der Waals surface area contributed by atoms with E-state index in [-0.39, 0.29) is 5.41 Å². The molecule has 142 valence electrons. The number of benzene rings is 2. The van der Waals surface area contributed by atoms with Gasteiger partial charge in [0.05, 0.1) is 0 Å². The molecule has 0 radical (unpaired) electrons. The number of para-hydroxylation sites is 2. The number of rotatable bonds is 0. The van der Waals surface area contributed by atoms with Gasteiger partial charge in [0.1, 0.15) is 11.4 Å². The molecular weight excluding hydrogens is 338 g/mol. The zero-order valence-corrected chi connectivity index (χ0v) is 16.9. The molecule has 2 aliphatic heterocycles. The fraction of sp³-hybridized carbons (Fsp3) is 0.409. The second-order valence-electron chi connectivity index (χ2n) is 9.04. The van der Waals surface area contributed by atoms with Gasteiger partial charge < -0.3 is 0 Å². The number of nitrogens with zero attached hydrogens (tertiary/aromatic N) is 3. The van der Waals surface area contributed by atoms with Crippen molar-refractivity contribution in [1.82, 2.24) is 14.7 Å². The Balaban J connectivity index is 2.13. The highest BCUT2D eigenvalue weighted by molar-refractivity contribution is 5.91. The fourth-order valence-electron chi connectivity index (χ4n) is 4.18. The van der Waals surface area contributed by atoms with Crippen LogP contribution in [-0.4, -0.2) is 37.6 Å². The number of hydrogen-bond acceptors (Lipinski definition) is 2. The summed E-state index contributed by atoms with van der Waals surface area (Å²) in [6.45, 7) is 12.1. The highest BCUT2D eigenvalue weighted by Gasteiger charge is 2.65. The van der Waals surface area contributed by atoms with Gasteiger partial charge in [-0.05, 0) is 39.8 Å². The molecule has 2 aliphatic rings. The van der Waals surface area contributed by atoms with Gasteiger partial charge in [-0.2, -0.15) is 4.58 Å². The summed E-state index contributed by atoms with van der Waals surface area (Å²) in [4.78, 5) is 0. The maximum absolute atomic E-state index is 11.1. The number of hydrogen-bond donors (Lipinski definition) is 2. The summed E-state index contributed by atoms with van der Waals surface area (Å²) in [7, 11) is 0. The van der Waals surface area contributed by atoms with Gasteiger partial charge >= 0.3 is 5.96 Å². The van der Waals surface area contributed by atoms with E-state index in [1.54, 1.807) is 0 Å². The Morgan fingerprint density at radius 3 is 1.44 bits per heavy atom. The molecule has 5 nitrogen and oxygen atoms in total. The quantitative estimate of drug-likeness (QED) is 0.676. The van der Waals surface area contributed by atoms with Gasteiger partial charge in [-0.25, -0.2) is 10.4 Å². The van der Waals surface area contributed by atoms with Crippen LogP contribution in [0.15, 0.2) is 48.5 Å². The summed E-state index contributed by atoms with van der Waals surface area (Å²) >= 11 is 0. The molecule has 0 aliphatic carbocycles. The van der Waals surface area contributed by atoms with E-state index in [9.17, 15) is 10.4 Å². The fourth-order valence-corrected chi connectivity index (χ4v) is 4.18. The van der Waals surface area contributed by atoms with E-state index in [0.29, 0.717) is 5.96 Å². The molecular formula is C22H28N3O2+. The minimum atomic E-state index is -0.687. The van der Waals surface area contributed by atoms with Crippen LogP contribution in [0, 0.1) is 0 Å². The lowest BCUT2D eigenvalue weighted by molar-refractivity contribution is -0.125. The first kappa shape index (κ1) is 18.0. The van der Waals surface area contributed by atoms with Gasteiger partial charge in [-0.3, -0.25) is 0 Å². The van der Waals surface area contributed by atoms with E-state index in [1.165, 1.54) is 10.1 Å². The first-order valence-corrected chi connectivity index (χ1v) is 9.37. The summed E-state index contributed by atoms with van der Waals surface area (Å²) < 4.78 is 1.96. The van der Waals surface area contributed by atoms with Crippen LogP contribution < -0.4 is 4.58 Å². The number of hydroxylamine groups is 4. The second-order valence-corrected chi connectivity index (χ2v) is 9.04. The summed E-state index contributed by atoms with van der Waals surface area (Å²) in [6, 6.07) is 16.4. The Morgan fingerprint density at radius 1 is 0.667 bits per heavy atom. The normalized spacial score (nSPS) is 21.9. The zero-order valence-electron chi connectivity index (χ0n) is 16.9. The molecule has 27 heavy (non-hydrogen) atoms. The second kappa shape index (κ2) is 5.33. The molecule has 0 unspecified atom stereocenters. The highest BCUT2D eigenvalue weighted by atomic mass is 16.6. The first-order valence-electron chi connectivity index (χ1n) is 9.37. The van der Waals surface area contributed by atoms with E-state index in [2.05, 4.69) is 26.0 Å². The minimum Gasteiger partial charge on any atom is -0.232 e. The molecule has 1 saturated heterocycles. The van der Waals surface area contributed by atoms with Crippen LogP contribution in [0.3, 0.4) is 0 Å². The molecule has 2 N–H and O–H groups in total. The monoisotopic (exact) mass is 366 g/mol. The van der Waals surface area contributed by atoms with Gasteiger partial charge in [0.2, 0.25) is 0 Å². The van der Waals surface area contributed by atoms with Crippen molar-refractivity contribution >= 4 is 17.3 Å². The van der Waals surface area contributed by atoms with E-state index in [0.717, 1.165) is 22.5 Å². The van der Waals surface area contributed by atoms with Crippen molar-refractivity contribution < 1.29 is 10.4 Å². The lowest BCUT2D eigenvalue weighted by atomic mass is 9.74. The molecule has 0 spiro atoms. The van der Waals surface area contributed by atoms with Gasteiger partial charge in [0.15, 0.2) is 11.1 Å². The van der Waals surface area contributed by atoms with E-state index in [1.807, 2.05) is 68.7 Å². The first-order chi connectivity index (χ1) is 12.5. The predicted octanol–water partition coefficient (Wildman–Crippen LogP) is 4.47. The van der Waals surface area contributed by atoms with Crippen LogP contribution in [0.4, 0.5) is 11.4 Å². The average molecular weight is 366 g/mol. The topological polar surface area (TPSA) is 50.0 Å². The Kier molecular flexibility index (Phi) is 3.56. The molecule has 0 amide bonds. The van der Waals surface area contributed by atoms with Gasteiger partial charge in [0.25, 0.3) is 0 Å². The van der Waals surface area contributed by atoms with Crippen LogP contribution in [0.5, 0.6) is 0 Å². The smallest absolute Gasteiger partial charge is 0.232 e. The SMILES string of the molecule is CC1(C)c2ccccc2[N+](=C2N(O)C(C)(C)C(C)(C)N2O)c2ccccc21. The molecule has 4 rings (SSSR count). The Hall–Kier alpha value is -2.37. The zero-order chi connectivity index (χ0) is 19.8. The van der Waals surface area contributed by atoms with Crippen LogP contribution in [0.2, 0.25) is 0 Å². The van der Waals surface area contributed by atoms with Crippen molar-refractivity contribution in [2.24, 2.45) is 0 Å². The largest absolute Gasteiger partial charge is 0.418 e. The van der Waals surface area contributed by atoms with Crippen molar-refractivity contribution in [2.75, 3.05) is 0 Å². The van der Waals surface area contributed by atoms with Crippen LogP contribution >= 0.6 is 0 Å². The van der Waals surface area contributed by atoms with E-state index in [4.69, 9.17) is 0 Å². The van der Waals surface area contributed by atoms with Gasteiger partial charge in [0, 0.05) is 16.5 Å². The third-order valence-corrected chi connectivity index (χ3v) is 6.77. The molecule has 0 saturated carbocycles. The standard InChI is InChI=1S/C22H28N3O2/c1-20(2)15-11-7-9-13-17(15)23(18-14-10-8-12-16(18)20)19-24(26)21(3,4)22(5,6)25(19)27/h7-14,26-27H,1-6H3/q+1. The maximum atomic E-state index is 11.1. The average Bonchev–Trinajstić information content (AvgIpc) is 2.74. The lowest BCUT2D eigenvalue weighted by Crippen LogP contribution is -2.52. The molecule has 2 aromatic carbocycles. The van der Waals surface area contributed by atoms with Gasteiger partial charge in [-0.15, -0.1) is 10.1 Å². The van der Waals surface area contributed by atoms with Crippen molar-refractivity contribution in [3.05, 3.63) is 59.7 Å². The Morgan fingerprint density at radius 2 is 1.04 bits per heavy atom. The highest BCUT2D eigenvalue weighted by Crippen LogP contribution is 2.48. The summed E-state index contributed by atoms with van der Waals surface area (Å²) in [5, 5.41) is 24.6. The maximum Gasteiger partial charge on any atom is 0.418 e. The van der Waals surface area contributed by atoms with Crippen molar-refractivity contribution in [1.29, 1.82) is 0 Å². The van der Waals surface area contributed by atoms with E-state index < -0.39 is 11.1 Å². The third kappa shape index (κ3) is 2.10. The van der Waals surface area contributed by atoms with Crippen molar-refractivity contribution in [3.63, 3.8) is 0 Å². The number of fused-ring (bicyclic) bond motifs is 2. The minimum absolute atomic E-state index is 0.186. The molecule has 1 fully saturated rings. The van der Waals surface area contributed by atoms with Gasteiger partial charge in [-0.1, -0.05) is 50.2 Å². The van der Waals surface area contributed by atoms with Crippen molar-refractivity contribution in [3.8, 4) is 0 Å². The molecule has 5 heteroatoms. The molecule has 0 aromatic heterocycles. The summed E-state index contributed by atoms with van der Waals surface area (Å²) in [5.74, 6) is 0.348. The summed E-state index contributed by atoms with van der Waals surface area (Å²) in [5.41, 5.74) is 2.67. The lowest BCUT2D eigenvalue weighted by Gasteiger charge is -2.35. The molecule has 2 aromatic rings. The molecule has 2 heterocycles. The third-order valence-electron chi connectivity index (χ3n) is 6.77.